The molecule has 0 aromatic heterocycles. The number of carbonyl (C=O) groups is 2. The lowest BCUT2D eigenvalue weighted by Gasteiger charge is -2.33. The fourth-order valence-electron chi connectivity index (χ4n) is 3.99. The van der Waals surface area contributed by atoms with Gasteiger partial charge in [-0.15, -0.1) is 0 Å². The minimum atomic E-state index is -1.71. The van der Waals surface area contributed by atoms with Gasteiger partial charge in [-0.05, 0) is 24.7 Å². The number of ether oxygens (including phenoxy) is 2. The van der Waals surface area contributed by atoms with Gasteiger partial charge in [-0.2, -0.15) is 0 Å². The van der Waals surface area contributed by atoms with Crippen LogP contribution in [0.5, 0.6) is 0 Å². The molecule has 0 bridgehead atoms. The van der Waals surface area contributed by atoms with Crippen LogP contribution in [0.25, 0.3) is 0 Å². The van der Waals surface area contributed by atoms with Crippen molar-refractivity contribution in [2.24, 2.45) is 11.8 Å². The first kappa shape index (κ1) is 31.1. The molecule has 0 aromatic carbocycles. The van der Waals surface area contributed by atoms with Crippen molar-refractivity contribution in [2.75, 3.05) is 0 Å². The van der Waals surface area contributed by atoms with E-state index in [1.165, 1.54) is 25.0 Å². The zero-order valence-electron chi connectivity index (χ0n) is 22.8. The summed E-state index contributed by atoms with van der Waals surface area (Å²) in [6, 6.07) is 2.29. The van der Waals surface area contributed by atoms with Gasteiger partial charge in [0.1, 0.15) is 0 Å². The summed E-state index contributed by atoms with van der Waals surface area (Å²) in [5.41, 5.74) is -0.0624. The van der Waals surface area contributed by atoms with Gasteiger partial charge in [0.05, 0.1) is 27.6 Å². The molecule has 0 radical (unpaired) electrons. The van der Waals surface area contributed by atoms with E-state index in [4.69, 9.17) is 9.47 Å². The lowest BCUT2D eigenvalue weighted by Crippen LogP contribution is -2.45. The highest BCUT2D eigenvalue weighted by Crippen LogP contribution is 2.27. The second-order valence-electron chi connectivity index (χ2n) is 11.6. The molecule has 0 rings (SSSR count). The number of hydrogen-bond donors (Lipinski definition) is 0. The van der Waals surface area contributed by atoms with Crippen molar-refractivity contribution in [3.8, 4) is 0 Å². The van der Waals surface area contributed by atoms with Gasteiger partial charge >= 0.3 is 11.9 Å². The molecule has 0 aliphatic carbocycles. The third-order valence-electron chi connectivity index (χ3n) is 6.34. The topological polar surface area (TPSA) is 52.6 Å². The smallest absolute Gasteiger partial charge is 0.330 e. The summed E-state index contributed by atoms with van der Waals surface area (Å²) in [6.07, 6.45) is 8.94. The fourth-order valence-corrected chi connectivity index (χ4v) is 10.3. The molecule has 0 spiro atoms. The summed E-state index contributed by atoms with van der Waals surface area (Å²) < 4.78 is 11.8. The monoisotopic (exact) mass is 484 g/mol. The molecule has 0 amide bonds. The molecular weight excluding hydrogens is 432 g/mol. The van der Waals surface area contributed by atoms with Crippen LogP contribution in [0.4, 0.5) is 0 Å². The predicted molar refractivity (Wildman–Crippen MR) is 142 cm³/mol. The maximum absolute atomic E-state index is 12.6. The Bertz CT molecular complexity index is 532. The Morgan fingerprint density at radius 3 is 1.25 bits per heavy atom. The highest BCUT2D eigenvalue weighted by Gasteiger charge is 2.36. The third kappa shape index (κ3) is 13.0. The second-order valence-corrected chi connectivity index (χ2v) is 21.9. The minimum absolute atomic E-state index is 0.0312. The highest BCUT2D eigenvalue weighted by molar-refractivity contribution is 6.79. The zero-order valence-corrected chi connectivity index (χ0v) is 24.8. The highest BCUT2D eigenvalue weighted by atomic mass is 28.3. The van der Waals surface area contributed by atoms with E-state index in [1.54, 1.807) is 0 Å². The molecule has 0 aliphatic rings. The Morgan fingerprint density at radius 2 is 1.00 bits per heavy atom. The Balaban J connectivity index is 5.17. The average molecular weight is 485 g/mol. The summed E-state index contributed by atoms with van der Waals surface area (Å²) >= 11 is 0. The Kier molecular flexibility index (Phi) is 14.7. The van der Waals surface area contributed by atoms with Crippen LogP contribution in [-0.4, -0.2) is 39.5 Å². The molecule has 0 heterocycles. The zero-order chi connectivity index (χ0) is 24.9. The Hall–Kier alpha value is -0.886. The van der Waals surface area contributed by atoms with Crippen molar-refractivity contribution >= 4 is 28.1 Å². The van der Waals surface area contributed by atoms with Crippen LogP contribution in [0.1, 0.15) is 80.1 Å². The molecule has 0 saturated heterocycles. The maximum Gasteiger partial charge on any atom is 0.330 e. The van der Waals surface area contributed by atoms with Crippen LogP contribution in [0.2, 0.25) is 38.3 Å². The van der Waals surface area contributed by atoms with Gasteiger partial charge < -0.3 is 9.47 Å². The van der Waals surface area contributed by atoms with Crippen molar-refractivity contribution in [1.82, 2.24) is 0 Å². The van der Waals surface area contributed by atoms with Crippen molar-refractivity contribution in [2.45, 2.75) is 130 Å². The largest absolute Gasteiger partial charge is 0.463 e. The summed E-state index contributed by atoms with van der Waals surface area (Å²) in [5, 5.41) is 0. The van der Waals surface area contributed by atoms with Gasteiger partial charge in [0.2, 0.25) is 0 Å². The minimum Gasteiger partial charge on any atom is -0.463 e. The van der Waals surface area contributed by atoms with Crippen LogP contribution in [-0.2, 0) is 19.1 Å². The van der Waals surface area contributed by atoms with Gasteiger partial charge in [-0.25, -0.2) is 9.59 Å². The van der Waals surface area contributed by atoms with Crippen LogP contribution in [0.15, 0.2) is 12.2 Å². The second kappa shape index (κ2) is 15.1. The van der Waals surface area contributed by atoms with E-state index in [0.29, 0.717) is 11.8 Å². The van der Waals surface area contributed by atoms with E-state index in [1.807, 2.05) is 0 Å². The SMILES string of the molecule is CCCC[Si](C)(C)C(CC(C)C)OC(=O)/C=C/C(=O)OC(CC(C)C)[Si](C)(C)CCCC. The van der Waals surface area contributed by atoms with Gasteiger partial charge in [0.25, 0.3) is 0 Å². The van der Waals surface area contributed by atoms with Crippen LogP contribution >= 0.6 is 0 Å². The van der Waals surface area contributed by atoms with E-state index in [2.05, 4.69) is 67.7 Å². The van der Waals surface area contributed by atoms with Crippen molar-refractivity contribution in [3.05, 3.63) is 12.2 Å². The van der Waals surface area contributed by atoms with Gasteiger partial charge in [0, 0.05) is 12.2 Å². The van der Waals surface area contributed by atoms with Crippen LogP contribution in [0, 0.1) is 11.8 Å². The Morgan fingerprint density at radius 1 is 0.688 bits per heavy atom. The normalized spacial score (nSPS) is 14.8. The van der Waals surface area contributed by atoms with E-state index in [0.717, 1.165) is 37.8 Å². The lowest BCUT2D eigenvalue weighted by molar-refractivity contribution is -0.143. The number of unbranched alkanes of at least 4 members (excludes halogenated alkanes) is 2. The number of rotatable bonds is 16. The summed E-state index contributed by atoms with van der Waals surface area (Å²) in [4.78, 5) is 25.2. The quantitative estimate of drug-likeness (QED) is 0.129. The summed E-state index contributed by atoms with van der Waals surface area (Å²) in [5.74, 6) is 0.0737. The lowest BCUT2D eigenvalue weighted by atomic mass is 10.1. The van der Waals surface area contributed by atoms with Crippen LogP contribution < -0.4 is 0 Å². The molecule has 2 atom stereocenters. The molecule has 2 unspecified atom stereocenters. The molecule has 6 heteroatoms. The number of esters is 2. The predicted octanol–water partition coefficient (Wildman–Crippen LogP) is 7.55. The summed E-state index contributed by atoms with van der Waals surface area (Å²) in [7, 11) is -3.41. The third-order valence-corrected chi connectivity index (χ3v) is 13.8. The standard InChI is InChI=1S/C26H52O4Si2/c1-11-13-17-31(7,8)25(19-21(3)4)29-23(27)15-16-24(28)30-26(20-22(5)6)32(9,10)18-14-12-2/h15-16,21-22,25-26H,11-14,17-20H2,1-10H3/b16-15+. The first-order valence-corrected chi connectivity index (χ1v) is 19.4. The van der Waals surface area contributed by atoms with Gasteiger partial charge in [-0.1, -0.05) is 106 Å². The van der Waals surface area contributed by atoms with Crippen molar-refractivity contribution < 1.29 is 19.1 Å². The van der Waals surface area contributed by atoms with E-state index in [-0.39, 0.29) is 11.5 Å². The maximum atomic E-state index is 12.6. The molecule has 188 valence electrons. The van der Waals surface area contributed by atoms with E-state index in [9.17, 15) is 9.59 Å². The van der Waals surface area contributed by atoms with Crippen molar-refractivity contribution in [3.63, 3.8) is 0 Å². The van der Waals surface area contributed by atoms with E-state index >= 15 is 0 Å². The average Bonchev–Trinajstić information content (AvgIpc) is 2.67. The van der Waals surface area contributed by atoms with Gasteiger partial charge in [-0.3, -0.25) is 0 Å². The molecule has 0 aromatic rings. The fraction of sp³-hybridized carbons (Fsp3) is 0.846. The number of hydrogen-bond acceptors (Lipinski definition) is 4. The number of carbonyl (C=O) groups excluding carboxylic acids is 2. The van der Waals surface area contributed by atoms with E-state index < -0.39 is 28.1 Å². The molecule has 0 aliphatic heterocycles. The first-order chi connectivity index (χ1) is 14.7. The molecule has 0 saturated carbocycles. The van der Waals surface area contributed by atoms with Crippen molar-refractivity contribution in [1.29, 1.82) is 0 Å². The molecule has 32 heavy (non-hydrogen) atoms. The van der Waals surface area contributed by atoms with Crippen LogP contribution in [0.3, 0.4) is 0 Å². The summed E-state index contributed by atoms with van der Waals surface area (Å²) in [6.45, 7) is 22.3. The molecular formula is C26H52O4Si2. The molecule has 0 fully saturated rings. The first-order valence-electron chi connectivity index (χ1n) is 12.8. The molecule has 0 N–H and O–H groups in total. The van der Waals surface area contributed by atoms with Gasteiger partial charge in [0.15, 0.2) is 0 Å². The molecule has 4 nitrogen and oxygen atoms in total. The Labute approximate surface area is 200 Å².